The number of hydrogen-bond acceptors (Lipinski definition) is 5. The number of sulfonamides is 1. The minimum absolute atomic E-state index is 0.205. The number of amides is 2. The van der Waals surface area contributed by atoms with E-state index in [2.05, 4.69) is 14.8 Å². The third-order valence-electron chi connectivity index (χ3n) is 5.99. The molecule has 162 valence electrons. The molecule has 0 bridgehead atoms. The van der Waals surface area contributed by atoms with Gasteiger partial charge in [0.25, 0.3) is 5.91 Å². The van der Waals surface area contributed by atoms with Gasteiger partial charge in [0.15, 0.2) is 6.04 Å². The number of nitrogens with zero attached hydrogens (tertiary/aromatic N) is 3. The van der Waals surface area contributed by atoms with E-state index in [9.17, 15) is 18.0 Å². The molecule has 30 heavy (non-hydrogen) atoms. The monoisotopic (exact) mass is 454 g/mol. The zero-order valence-electron chi connectivity index (χ0n) is 16.7. The van der Waals surface area contributed by atoms with Crippen molar-refractivity contribution in [2.24, 2.45) is 0 Å². The number of carbonyl (C=O) groups excluding carboxylic acids is 2. The number of H-pyrrole nitrogens is 1. The summed E-state index contributed by atoms with van der Waals surface area (Å²) in [5.41, 5.74) is 0.913. The molecule has 2 amide bonds. The molecule has 2 atom stereocenters. The third kappa shape index (κ3) is 3.73. The minimum Gasteiger partial charge on any atom is -0.337 e. The van der Waals surface area contributed by atoms with Crippen LogP contribution in [0, 0.1) is 0 Å². The summed E-state index contributed by atoms with van der Waals surface area (Å²) in [4.78, 5) is 37.1. The zero-order chi connectivity index (χ0) is 21.5. The van der Waals surface area contributed by atoms with Crippen molar-refractivity contribution in [2.45, 2.75) is 50.2 Å². The first kappa shape index (κ1) is 21.2. The molecule has 3 heterocycles. The molecule has 0 aliphatic carbocycles. The van der Waals surface area contributed by atoms with E-state index in [1.807, 2.05) is 0 Å². The topological polar surface area (TPSA) is 112 Å². The Kier molecular flexibility index (Phi) is 5.60. The van der Waals surface area contributed by atoms with Crippen molar-refractivity contribution in [3.8, 4) is 0 Å². The Morgan fingerprint density at radius 3 is 2.67 bits per heavy atom. The molecule has 2 aromatic rings. The molecule has 11 heteroatoms. The summed E-state index contributed by atoms with van der Waals surface area (Å²) < 4.78 is 25.7. The van der Waals surface area contributed by atoms with Gasteiger partial charge in [-0.15, -0.1) is 0 Å². The highest BCUT2D eigenvalue weighted by molar-refractivity contribution is 7.89. The SMILES string of the molecule is C[C@H](C(=O)N1CCCCC1)[N+]1(NS(=O)(=O)c2nc3ccc(Cl)cc3[nH]2)CCCC1=O. The van der Waals surface area contributed by atoms with Crippen LogP contribution in [-0.4, -0.2) is 65.4 Å². The lowest BCUT2D eigenvalue weighted by Crippen LogP contribution is -2.69. The normalized spacial score (nSPS) is 23.8. The van der Waals surface area contributed by atoms with Gasteiger partial charge in [-0.05, 0) is 49.2 Å². The quantitative estimate of drug-likeness (QED) is 0.670. The maximum atomic E-state index is 13.2. The Balaban J connectivity index is 1.66. The Hall–Kier alpha value is -2.01. The highest BCUT2D eigenvalue weighted by Gasteiger charge is 2.53. The van der Waals surface area contributed by atoms with Crippen molar-refractivity contribution in [2.75, 3.05) is 19.6 Å². The number of hydrogen-bond donors (Lipinski definition) is 2. The van der Waals surface area contributed by atoms with E-state index in [0.717, 1.165) is 19.3 Å². The van der Waals surface area contributed by atoms with Crippen molar-refractivity contribution in [1.29, 1.82) is 0 Å². The van der Waals surface area contributed by atoms with Crippen LogP contribution in [0.1, 0.15) is 39.0 Å². The van der Waals surface area contributed by atoms with Crippen LogP contribution in [0.2, 0.25) is 5.02 Å². The number of imidazole rings is 1. The molecule has 1 aromatic heterocycles. The van der Waals surface area contributed by atoms with E-state index in [1.165, 1.54) is 0 Å². The van der Waals surface area contributed by atoms with Crippen LogP contribution in [0.25, 0.3) is 11.0 Å². The number of benzene rings is 1. The number of nitrogens with one attached hydrogen (secondary N) is 2. The summed E-state index contributed by atoms with van der Waals surface area (Å²) in [6.07, 6.45) is 3.63. The number of piperidine rings is 1. The molecule has 0 saturated carbocycles. The van der Waals surface area contributed by atoms with Gasteiger partial charge in [-0.2, -0.15) is 13.0 Å². The van der Waals surface area contributed by atoms with Crippen LogP contribution in [-0.2, 0) is 19.6 Å². The van der Waals surface area contributed by atoms with Gasteiger partial charge in [0.1, 0.15) is 6.54 Å². The fourth-order valence-electron chi connectivity index (χ4n) is 4.30. The second kappa shape index (κ2) is 7.92. The number of carbonyl (C=O) groups is 2. The van der Waals surface area contributed by atoms with Gasteiger partial charge in [-0.25, -0.2) is 9.78 Å². The van der Waals surface area contributed by atoms with E-state index in [1.54, 1.807) is 30.0 Å². The van der Waals surface area contributed by atoms with E-state index in [-0.39, 0.29) is 29.9 Å². The standard InChI is InChI=1S/C19H25ClN5O4S/c1-13(18(27)24-9-3-2-4-10-24)25(11-5-6-17(25)26)23-30(28,29)19-21-15-8-7-14(20)12-16(15)22-19/h7-8,12-13,23H,2-6,9-11H2,1H3,(H,21,22)/q+1/t13-,25?/m1/s1. The van der Waals surface area contributed by atoms with E-state index >= 15 is 0 Å². The number of aromatic amines is 1. The first-order chi connectivity index (χ1) is 14.2. The van der Waals surface area contributed by atoms with Gasteiger partial charge < -0.3 is 9.88 Å². The largest absolute Gasteiger partial charge is 0.337 e. The number of likely N-dealkylation sites (tertiary alicyclic amines) is 2. The second-order valence-corrected chi connectivity index (χ2v) is 9.96. The smallest absolute Gasteiger partial charge is 0.334 e. The number of quaternary nitrogens is 1. The lowest BCUT2D eigenvalue weighted by atomic mass is 10.1. The van der Waals surface area contributed by atoms with Crippen molar-refractivity contribution >= 4 is 44.5 Å². The fourth-order valence-corrected chi connectivity index (χ4v) is 5.80. The van der Waals surface area contributed by atoms with Gasteiger partial charge in [-0.3, -0.25) is 4.79 Å². The van der Waals surface area contributed by atoms with E-state index < -0.39 is 20.7 Å². The number of halogens is 1. The summed E-state index contributed by atoms with van der Waals surface area (Å²) in [5.74, 6) is -0.514. The fraction of sp³-hybridized carbons (Fsp3) is 0.526. The summed E-state index contributed by atoms with van der Waals surface area (Å²) >= 11 is 5.97. The molecular weight excluding hydrogens is 430 g/mol. The molecule has 9 nitrogen and oxygen atoms in total. The third-order valence-corrected chi connectivity index (χ3v) is 7.50. The van der Waals surface area contributed by atoms with Crippen molar-refractivity contribution in [3.05, 3.63) is 23.2 Å². The summed E-state index contributed by atoms with van der Waals surface area (Å²) in [6.45, 7) is 3.12. The molecule has 2 aliphatic heterocycles. The van der Waals surface area contributed by atoms with Crippen LogP contribution in [0.4, 0.5) is 0 Å². The molecule has 2 N–H and O–H groups in total. The molecule has 2 saturated heterocycles. The maximum absolute atomic E-state index is 13.2. The number of fused-ring (bicyclic) bond motifs is 1. The molecule has 0 spiro atoms. The van der Waals surface area contributed by atoms with Crippen LogP contribution < -0.4 is 4.83 Å². The van der Waals surface area contributed by atoms with Gasteiger partial charge in [-0.1, -0.05) is 11.6 Å². The second-order valence-electron chi connectivity index (χ2n) is 7.95. The van der Waals surface area contributed by atoms with E-state index in [4.69, 9.17) is 11.6 Å². The van der Waals surface area contributed by atoms with Gasteiger partial charge in [0, 0.05) is 24.5 Å². The number of aromatic nitrogens is 2. The molecule has 1 unspecified atom stereocenters. The summed E-state index contributed by atoms with van der Waals surface area (Å²) in [5, 5.41) is 0.136. The maximum Gasteiger partial charge on any atom is 0.334 e. The first-order valence-electron chi connectivity index (χ1n) is 10.1. The minimum atomic E-state index is -4.20. The lowest BCUT2D eigenvalue weighted by Gasteiger charge is -2.38. The lowest BCUT2D eigenvalue weighted by molar-refractivity contribution is -0.890. The highest BCUT2D eigenvalue weighted by atomic mass is 35.5. The van der Waals surface area contributed by atoms with Crippen LogP contribution in [0.3, 0.4) is 0 Å². The highest BCUT2D eigenvalue weighted by Crippen LogP contribution is 2.27. The average molecular weight is 455 g/mol. The van der Waals surface area contributed by atoms with Crippen LogP contribution >= 0.6 is 11.6 Å². The van der Waals surface area contributed by atoms with E-state index in [0.29, 0.717) is 35.6 Å². The Bertz CT molecular complexity index is 1100. The average Bonchev–Trinajstić information content (AvgIpc) is 3.31. The molecule has 2 fully saturated rings. The summed E-state index contributed by atoms with van der Waals surface area (Å²) in [6, 6.07) is 3.95. The Labute approximate surface area is 180 Å². The molecule has 4 rings (SSSR count). The predicted octanol–water partition coefficient (Wildman–Crippen LogP) is 1.95. The first-order valence-corrected chi connectivity index (χ1v) is 12.0. The summed E-state index contributed by atoms with van der Waals surface area (Å²) in [7, 11) is -4.20. The number of rotatable bonds is 5. The van der Waals surface area contributed by atoms with Crippen molar-refractivity contribution < 1.29 is 22.6 Å². The predicted molar refractivity (Wildman–Crippen MR) is 111 cm³/mol. The zero-order valence-corrected chi connectivity index (χ0v) is 18.3. The van der Waals surface area contributed by atoms with Crippen LogP contribution in [0.5, 0.6) is 0 Å². The molecule has 2 aliphatic rings. The van der Waals surface area contributed by atoms with Gasteiger partial charge >= 0.3 is 15.9 Å². The molecule has 0 radical (unpaired) electrons. The Morgan fingerprint density at radius 2 is 2.00 bits per heavy atom. The molecule has 1 aromatic carbocycles. The van der Waals surface area contributed by atoms with Crippen LogP contribution in [0.15, 0.2) is 23.4 Å². The molecular formula is C19H25ClN5O4S+. The Morgan fingerprint density at radius 1 is 1.27 bits per heavy atom. The van der Waals surface area contributed by atoms with Crippen molar-refractivity contribution in [1.82, 2.24) is 19.7 Å². The van der Waals surface area contributed by atoms with Gasteiger partial charge in [0.2, 0.25) is 5.16 Å². The van der Waals surface area contributed by atoms with Crippen molar-refractivity contribution in [3.63, 3.8) is 0 Å². The van der Waals surface area contributed by atoms with Gasteiger partial charge in [0.05, 0.1) is 17.5 Å².